The molecule has 1 saturated heterocycles. The van der Waals surface area contributed by atoms with Crippen molar-refractivity contribution in [2.24, 2.45) is 0 Å². The topological polar surface area (TPSA) is 68.8 Å². The van der Waals surface area contributed by atoms with Crippen LogP contribution in [0.15, 0.2) is 17.0 Å². The minimum absolute atomic E-state index is 0.442. The number of imidazole rings is 1. The molecule has 1 aliphatic rings. The second-order valence-corrected chi connectivity index (χ2v) is 4.65. The SMILES string of the molecule is Cc1noc(CCn2cncc2[C@@H]2CCCN2)n1. The maximum atomic E-state index is 5.12. The highest BCUT2D eigenvalue weighted by atomic mass is 16.5. The molecular weight excluding hydrogens is 230 g/mol. The van der Waals surface area contributed by atoms with Crippen molar-refractivity contribution in [3.05, 3.63) is 29.9 Å². The summed E-state index contributed by atoms with van der Waals surface area (Å²) in [5, 5.41) is 7.28. The Balaban J connectivity index is 1.67. The summed E-state index contributed by atoms with van der Waals surface area (Å²) in [6.07, 6.45) is 6.99. The third kappa shape index (κ3) is 2.28. The van der Waals surface area contributed by atoms with Gasteiger partial charge in [-0.25, -0.2) is 4.98 Å². The Hall–Kier alpha value is -1.69. The van der Waals surface area contributed by atoms with Gasteiger partial charge in [-0.2, -0.15) is 4.98 Å². The minimum atomic E-state index is 0.442. The molecular formula is C12H17N5O. The Morgan fingerprint density at radius 3 is 3.22 bits per heavy atom. The smallest absolute Gasteiger partial charge is 0.228 e. The third-order valence-electron chi connectivity index (χ3n) is 3.30. The summed E-state index contributed by atoms with van der Waals surface area (Å²) in [7, 11) is 0. The predicted octanol–water partition coefficient (Wildman–Crippen LogP) is 1.24. The summed E-state index contributed by atoms with van der Waals surface area (Å²) in [6, 6.07) is 0.442. The predicted molar refractivity (Wildman–Crippen MR) is 64.9 cm³/mol. The molecule has 1 aliphatic heterocycles. The highest BCUT2D eigenvalue weighted by Gasteiger charge is 2.19. The van der Waals surface area contributed by atoms with E-state index >= 15 is 0 Å². The fourth-order valence-electron chi connectivity index (χ4n) is 2.40. The molecule has 3 rings (SSSR count). The van der Waals surface area contributed by atoms with Crippen LogP contribution in [-0.2, 0) is 13.0 Å². The Bertz CT molecular complexity index is 512. The Morgan fingerprint density at radius 2 is 2.50 bits per heavy atom. The standard InChI is InChI=1S/C12H17N5O/c1-9-15-12(18-16-9)4-6-17-8-13-7-11(17)10-3-2-5-14-10/h7-8,10,14H,2-6H2,1H3/t10-/m0/s1. The molecule has 1 fully saturated rings. The molecule has 0 amide bonds. The molecule has 3 heterocycles. The van der Waals surface area contributed by atoms with Crippen molar-refractivity contribution in [2.45, 2.75) is 38.8 Å². The van der Waals surface area contributed by atoms with E-state index in [0.29, 0.717) is 17.8 Å². The van der Waals surface area contributed by atoms with Gasteiger partial charge in [-0.1, -0.05) is 5.16 Å². The van der Waals surface area contributed by atoms with Crippen molar-refractivity contribution in [2.75, 3.05) is 6.54 Å². The van der Waals surface area contributed by atoms with Gasteiger partial charge < -0.3 is 14.4 Å². The molecule has 2 aromatic heterocycles. The van der Waals surface area contributed by atoms with Crippen LogP contribution in [0.5, 0.6) is 0 Å². The number of nitrogens with one attached hydrogen (secondary N) is 1. The van der Waals surface area contributed by atoms with Gasteiger partial charge in [0, 0.05) is 25.2 Å². The molecule has 0 saturated carbocycles. The molecule has 18 heavy (non-hydrogen) atoms. The van der Waals surface area contributed by atoms with Gasteiger partial charge in [-0.15, -0.1) is 0 Å². The molecule has 1 atom stereocenters. The Labute approximate surface area is 105 Å². The van der Waals surface area contributed by atoms with E-state index in [1.165, 1.54) is 18.5 Å². The van der Waals surface area contributed by atoms with Gasteiger partial charge in [-0.3, -0.25) is 0 Å². The van der Waals surface area contributed by atoms with Crippen LogP contribution in [0.1, 0.15) is 36.3 Å². The van der Waals surface area contributed by atoms with Crippen molar-refractivity contribution in [3.63, 3.8) is 0 Å². The van der Waals surface area contributed by atoms with Crippen LogP contribution in [0.3, 0.4) is 0 Å². The highest BCUT2D eigenvalue weighted by molar-refractivity contribution is 5.07. The summed E-state index contributed by atoms with van der Waals surface area (Å²) >= 11 is 0. The van der Waals surface area contributed by atoms with E-state index in [0.717, 1.165) is 19.5 Å². The van der Waals surface area contributed by atoms with Gasteiger partial charge in [0.25, 0.3) is 0 Å². The molecule has 0 bridgehead atoms. The maximum absolute atomic E-state index is 5.12. The lowest BCUT2D eigenvalue weighted by molar-refractivity contribution is 0.367. The van der Waals surface area contributed by atoms with E-state index in [2.05, 4.69) is 25.0 Å². The molecule has 1 N–H and O–H groups in total. The first-order chi connectivity index (χ1) is 8.83. The zero-order chi connectivity index (χ0) is 12.4. The van der Waals surface area contributed by atoms with Gasteiger partial charge in [0.15, 0.2) is 5.82 Å². The van der Waals surface area contributed by atoms with Crippen LogP contribution >= 0.6 is 0 Å². The summed E-state index contributed by atoms with van der Waals surface area (Å²) in [4.78, 5) is 8.45. The Morgan fingerprint density at radius 1 is 1.56 bits per heavy atom. The molecule has 6 nitrogen and oxygen atoms in total. The van der Waals surface area contributed by atoms with E-state index in [1.54, 1.807) is 0 Å². The van der Waals surface area contributed by atoms with E-state index in [-0.39, 0.29) is 0 Å². The zero-order valence-electron chi connectivity index (χ0n) is 10.5. The van der Waals surface area contributed by atoms with E-state index in [1.807, 2.05) is 19.4 Å². The number of rotatable bonds is 4. The summed E-state index contributed by atoms with van der Waals surface area (Å²) < 4.78 is 7.29. The van der Waals surface area contributed by atoms with E-state index in [9.17, 15) is 0 Å². The lowest BCUT2D eigenvalue weighted by atomic mass is 10.2. The van der Waals surface area contributed by atoms with E-state index in [4.69, 9.17) is 4.52 Å². The highest BCUT2D eigenvalue weighted by Crippen LogP contribution is 2.22. The normalized spacial score (nSPS) is 19.5. The van der Waals surface area contributed by atoms with Crippen molar-refractivity contribution in [1.29, 1.82) is 0 Å². The molecule has 2 aromatic rings. The van der Waals surface area contributed by atoms with Gasteiger partial charge >= 0.3 is 0 Å². The number of aryl methyl sites for hydroxylation is 3. The fourth-order valence-corrected chi connectivity index (χ4v) is 2.40. The molecule has 0 spiro atoms. The van der Waals surface area contributed by atoms with Gasteiger partial charge in [0.1, 0.15) is 0 Å². The molecule has 0 aromatic carbocycles. The quantitative estimate of drug-likeness (QED) is 0.880. The second kappa shape index (κ2) is 4.89. The lowest BCUT2D eigenvalue weighted by Crippen LogP contribution is -2.17. The maximum Gasteiger partial charge on any atom is 0.228 e. The van der Waals surface area contributed by atoms with Crippen molar-refractivity contribution in [3.8, 4) is 0 Å². The summed E-state index contributed by atoms with van der Waals surface area (Å²) in [5.41, 5.74) is 1.25. The number of hydrogen-bond acceptors (Lipinski definition) is 5. The number of nitrogens with zero attached hydrogens (tertiary/aromatic N) is 4. The lowest BCUT2D eigenvalue weighted by Gasteiger charge is -2.12. The van der Waals surface area contributed by atoms with Crippen LogP contribution in [0, 0.1) is 6.92 Å². The van der Waals surface area contributed by atoms with Crippen LogP contribution < -0.4 is 5.32 Å². The zero-order valence-corrected chi connectivity index (χ0v) is 10.5. The Kier molecular flexibility index (Phi) is 3.10. The average Bonchev–Trinajstić information content (AvgIpc) is 3.07. The summed E-state index contributed by atoms with van der Waals surface area (Å²) in [5.74, 6) is 1.37. The van der Waals surface area contributed by atoms with Crippen LogP contribution in [0.25, 0.3) is 0 Å². The van der Waals surface area contributed by atoms with Gasteiger partial charge in [0.2, 0.25) is 5.89 Å². The monoisotopic (exact) mass is 247 g/mol. The molecule has 0 aliphatic carbocycles. The number of aromatic nitrogens is 4. The third-order valence-corrected chi connectivity index (χ3v) is 3.30. The van der Waals surface area contributed by atoms with Crippen molar-refractivity contribution >= 4 is 0 Å². The van der Waals surface area contributed by atoms with Crippen LogP contribution in [-0.4, -0.2) is 26.2 Å². The average molecular weight is 247 g/mol. The molecule has 96 valence electrons. The van der Waals surface area contributed by atoms with Crippen molar-refractivity contribution in [1.82, 2.24) is 25.0 Å². The largest absolute Gasteiger partial charge is 0.339 e. The number of hydrogen-bond donors (Lipinski definition) is 1. The van der Waals surface area contributed by atoms with Crippen LogP contribution in [0.2, 0.25) is 0 Å². The minimum Gasteiger partial charge on any atom is -0.339 e. The van der Waals surface area contributed by atoms with Gasteiger partial charge in [-0.05, 0) is 26.3 Å². The molecule has 6 heteroatoms. The van der Waals surface area contributed by atoms with Crippen molar-refractivity contribution < 1.29 is 4.52 Å². The second-order valence-electron chi connectivity index (χ2n) is 4.65. The fraction of sp³-hybridized carbons (Fsp3) is 0.583. The van der Waals surface area contributed by atoms with E-state index < -0.39 is 0 Å². The van der Waals surface area contributed by atoms with Crippen LogP contribution in [0.4, 0.5) is 0 Å². The first kappa shape index (κ1) is 11.4. The summed E-state index contributed by atoms with van der Waals surface area (Å²) in [6.45, 7) is 3.76. The molecule has 0 radical (unpaired) electrons. The molecule has 0 unspecified atom stereocenters. The first-order valence-electron chi connectivity index (χ1n) is 6.35. The first-order valence-corrected chi connectivity index (χ1v) is 6.35. The van der Waals surface area contributed by atoms with Gasteiger partial charge in [0.05, 0.1) is 12.0 Å².